The first-order chi connectivity index (χ1) is 5.64. The lowest BCUT2D eigenvalue weighted by Gasteiger charge is -2.37. The van der Waals surface area contributed by atoms with Crippen LogP contribution in [0.2, 0.25) is 0 Å². The van der Waals surface area contributed by atoms with Gasteiger partial charge in [0.05, 0.1) is 12.5 Å². The zero-order valence-electron chi connectivity index (χ0n) is 9.88. The molecule has 4 heteroatoms. The fourth-order valence-corrected chi connectivity index (χ4v) is 1.47. The van der Waals surface area contributed by atoms with Crippen molar-refractivity contribution in [1.29, 1.82) is 0 Å². The molecule has 0 aliphatic rings. The minimum absolute atomic E-state index is 0. The van der Waals surface area contributed by atoms with Gasteiger partial charge >= 0.3 is 5.97 Å². The predicted molar refractivity (Wildman–Crippen MR) is 60.5 cm³/mol. The summed E-state index contributed by atoms with van der Waals surface area (Å²) < 4.78 is 4.71. The topological polar surface area (TPSA) is 52.3 Å². The average Bonchev–Trinajstić information content (AvgIpc) is 1.99. The molecule has 0 radical (unpaired) electrons. The summed E-state index contributed by atoms with van der Waals surface area (Å²) >= 11 is 0. The number of carbonyl (C=O) groups excluding carboxylic acids is 1. The van der Waals surface area contributed by atoms with Gasteiger partial charge in [0.25, 0.3) is 0 Å². The Bertz CT molecular complexity index is 197. The van der Waals surface area contributed by atoms with Crippen LogP contribution >= 0.6 is 12.4 Å². The van der Waals surface area contributed by atoms with Crippen LogP contribution in [-0.4, -0.2) is 19.1 Å². The summed E-state index contributed by atoms with van der Waals surface area (Å²) in [4.78, 5) is 11.4. The molecular formula is C10H22ClNO2. The fraction of sp³-hybridized carbons (Fsp3) is 0.900. The summed E-state index contributed by atoms with van der Waals surface area (Å²) in [7, 11) is 1.39. The van der Waals surface area contributed by atoms with Crippen molar-refractivity contribution < 1.29 is 9.53 Å². The molecule has 0 aromatic rings. The lowest BCUT2D eigenvalue weighted by molar-refractivity contribution is -0.153. The molecule has 1 atom stereocenters. The van der Waals surface area contributed by atoms with Gasteiger partial charge in [0.1, 0.15) is 0 Å². The largest absolute Gasteiger partial charge is 0.469 e. The third-order valence-electron chi connectivity index (χ3n) is 2.42. The van der Waals surface area contributed by atoms with Gasteiger partial charge in [-0.1, -0.05) is 20.8 Å². The van der Waals surface area contributed by atoms with Crippen molar-refractivity contribution in [3.8, 4) is 0 Å². The van der Waals surface area contributed by atoms with Crippen LogP contribution in [0.25, 0.3) is 0 Å². The molecule has 0 aliphatic carbocycles. The van der Waals surface area contributed by atoms with Crippen molar-refractivity contribution >= 4 is 18.4 Å². The summed E-state index contributed by atoms with van der Waals surface area (Å²) in [6.45, 7) is 9.68. The zero-order chi connectivity index (χ0) is 10.9. The van der Waals surface area contributed by atoms with E-state index in [1.165, 1.54) is 7.11 Å². The first kappa shape index (κ1) is 16.2. The van der Waals surface area contributed by atoms with Crippen molar-refractivity contribution in [2.24, 2.45) is 16.6 Å². The molecule has 0 aromatic carbocycles. The molecule has 0 fully saturated rings. The normalized spacial score (nSPS) is 14.2. The number of ether oxygens (including phenoxy) is 1. The number of hydrogen-bond acceptors (Lipinski definition) is 3. The van der Waals surface area contributed by atoms with Crippen LogP contribution < -0.4 is 5.73 Å². The average molecular weight is 224 g/mol. The lowest BCUT2D eigenvalue weighted by Crippen LogP contribution is -2.51. The summed E-state index contributed by atoms with van der Waals surface area (Å²) in [6.07, 6.45) is 0. The number of rotatable bonds is 2. The van der Waals surface area contributed by atoms with E-state index in [-0.39, 0.29) is 29.8 Å². The van der Waals surface area contributed by atoms with E-state index in [4.69, 9.17) is 10.5 Å². The Balaban J connectivity index is 0. The highest BCUT2D eigenvalue weighted by atomic mass is 35.5. The Hall–Kier alpha value is -0.280. The van der Waals surface area contributed by atoms with E-state index in [2.05, 4.69) is 0 Å². The Kier molecular flexibility index (Phi) is 5.76. The van der Waals surface area contributed by atoms with Gasteiger partial charge in [-0.3, -0.25) is 4.79 Å². The minimum Gasteiger partial charge on any atom is -0.469 e. The first-order valence-corrected chi connectivity index (χ1v) is 4.48. The molecule has 0 rings (SSSR count). The third-order valence-corrected chi connectivity index (χ3v) is 2.42. The molecule has 0 unspecified atom stereocenters. The van der Waals surface area contributed by atoms with Gasteiger partial charge in [-0.25, -0.2) is 0 Å². The smallest absolute Gasteiger partial charge is 0.312 e. The third kappa shape index (κ3) is 3.46. The Labute approximate surface area is 92.8 Å². The van der Waals surface area contributed by atoms with Gasteiger partial charge < -0.3 is 10.5 Å². The molecule has 14 heavy (non-hydrogen) atoms. The quantitative estimate of drug-likeness (QED) is 0.729. The van der Waals surface area contributed by atoms with Crippen LogP contribution in [0, 0.1) is 10.8 Å². The van der Waals surface area contributed by atoms with E-state index >= 15 is 0 Å². The van der Waals surface area contributed by atoms with Crippen LogP contribution in [0.15, 0.2) is 0 Å². The molecule has 3 nitrogen and oxygen atoms in total. The van der Waals surface area contributed by atoms with Crippen molar-refractivity contribution in [2.75, 3.05) is 7.11 Å². The molecular weight excluding hydrogens is 202 g/mol. The Morgan fingerprint density at radius 1 is 1.21 bits per heavy atom. The second kappa shape index (κ2) is 4.99. The van der Waals surface area contributed by atoms with E-state index in [0.717, 1.165) is 0 Å². The van der Waals surface area contributed by atoms with Crippen molar-refractivity contribution in [1.82, 2.24) is 0 Å². The van der Waals surface area contributed by atoms with Gasteiger partial charge in [-0.15, -0.1) is 12.4 Å². The summed E-state index contributed by atoms with van der Waals surface area (Å²) in [5.74, 6) is -0.255. The van der Waals surface area contributed by atoms with Gasteiger partial charge in [-0.05, 0) is 19.3 Å². The minimum atomic E-state index is -0.632. The molecule has 0 aromatic heterocycles. The van der Waals surface area contributed by atoms with Crippen LogP contribution in [0.3, 0.4) is 0 Å². The monoisotopic (exact) mass is 223 g/mol. The molecule has 0 bridgehead atoms. The number of halogens is 1. The zero-order valence-corrected chi connectivity index (χ0v) is 10.7. The van der Waals surface area contributed by atoms with Gasteiger partial charge in [0, 0.05) is 6.04 Å². The van der Waals surface area contributed by atoms with Gasteiger partial charge in [0.15, 0.2) is 0 Å². The maximum Gasteiger partial charge on any atom is 0.312 e. The van der Waals surface area contributed by atoms with E-state index in [0.29, 0.717) is 0 Å². The maximum atomic E-state index is 11.4. The molecule has 0 amide bonds. The Morgan fingerprint density at radius 2 is 1.57 bits per heavy atom. The van der Waals surface area contributed by atoms with Crippen molar-refractivity contribution in [3.63, 3.8) is 0 Å². The number of hydrogen-bond donors (Lipinski definition) is 1. The highest BCUT2D eigenvalue weighted by molar-refractivity contribution is 5.85. The van der Waals surface area contributed by atoms with Crippen LogP contribution in [0.5, 0.6) is 0 Å². The highest BCUT2D eigenvalue weighted by Crippen LogP contribution is 2.32. The molecule has 86 valence electrons. The standard InChI is InChI=1S/C10H21NO2.ClH/c1-9(2,3)7(11)10(4,5)8(12)13-6;/h7H,11H2,1-6H3;1H/t7-;/m1./s1. The van der Waals surface area contributed by atoms with Crippen LogP contribution in [-0.2, 0) is 9.53 Å². The lowest BCUT2D eigenvalue weighted by atomic mass is 9.71. The van der Waals surface area contributed by atoms with Crippen molar-refractivity contribution in [2.45, 2.75) is 40.7 Å². The Morgan fingerprint density at radius 3 is 1.79 bits per heavy atom. The summed E-state index contributed by atoms with van der Waals surface area (Å²) in [5, 5.41) is 0. The van der Waals surface area contributed by atoms with Gasteiger partial charge in [-0.2, -0.15) is 0 Å². The van der Waals surface area contributed by atoms with E-state index in [1.54, 1.807) is 0 Å². The molecule has 2 N–H and O–H groups in total. The van der Waals surface area contributed by atoms with Gasteiger partial charge in [0.2, 0.25) is 0 Å². The SMILES string of the molecule is COC(=O)C(C)(C)[C@H](N)C(C)(C)C.Cl. The summed E-state index contributed by atoms with van der Waals surface area (Å²) in [6, 6.07) is -0.215. The second-order valence-corrected chi connectivity index (χ2v) is 5.06. The van der Waals surface area contributed by atoms with E-state index in [1.807, 2.05) is 34.6 Å². The number of nitrogens with two attached hydrogens (primary N) is 1. The van der Waals surface area contributed by atoms with E-state index < -0.39 is 5.41 Å². The predicted octanol–water partition coefficient (Wildman–Crippen LogP) is 1.98. The number of carbonyl (C=O) groups is 1. The maximum absolute atomic E-state index is 11.4. The highest BCUT2D eigenvalue weighted by Gasteiger charge is 2.41. The number of methoxy groups -OCH3 is 1. The second-order valence-electron chi connectivity index (χ2n) is 5.06. The first-order valence-electron chi connectivity index (χ1n) is 4.48. The molecule has 0 saturated carbocycles. The molecule has 0 heterocycles. The summed E-state index contributed by atoms with van der Waals surface area (Å²) in [5.41, 5.74) is 5.27. The molecule has 0 spiro atoms. The fourth-order valence-electron chi connectivity index (χ4n) is 1.47. The van der Waals surface area contributed by atoms with Crippen LogP contribution in [0.4, 0.5) is 0 Å². The van der Waals surface area contributed by atoms with E-state index in [9.17, 15) is 4.79 Å². The van der Waals surface area contributed by atoms with Crippen LogP contribution in [0.1, 0.15) is 34.6 Å². The molecule has 0 saturated heterocycles. The van der Waals surface area contributed by atoms with Crippen molar-refractivity contribution in [3.05, 3.63) is 0 Å². The number of esters is 1. The molecule has 0 aliphatic heterocycles.